The molecule has 0 aliphatic carbocycles. The van der Waals surface area contributed by atoms with E-state index in [0.717, 1.165) is 28.3 Å². The molecule has 152 valence electrons. The predicted molar refractivity (Wildman–Crippen MR) is 118 cm³/mol. The average Bonchev–Trinajstić information content (AvgIpc) is 2.57. The van der Waals surface area contributed by atoms with Crippen LogP contribution in [0.25, 0.3) is 0 Å². The summed E-state index contributed by atoms with van der Waals surface area (Å²) in [6.45, 7) is 13.3. The van der Waals surface area contributed by atoms with Crippen LogP contribution in [0.3, 0.4) is 0 Å². The van der Waals surface area contributed by atoms with Crippen LogP contribution in [0.2, 0.25) is 0 Å². The summed E-state index contributed by atoms with van der Waals surface area (Å²) in [5.74, 6) is 1.97. The van der Waals surface area contributed by atoms with Gasteiger partial charge in [-0.25, -0.2) is 0 Å². The third-order valence-corrected chi connectivity index (χ3v) is 5.91. The van der Waals surface area contributed by atoms with Crippen molar-refractivity contribution in [3.05, 3.63) is 23.3 Å². The molecular weight excluding hydrogens is 354 g/mol. The number of unbranched alkanes of at least 4 members (excludes halogenated alkanes) is 2. The molecule has 1 aromatic carbocycles. The number of benzene rings is 1. The molecule has 0 aromatic heterocycles. The van der Waals surface area contributed by atoms with E-state index < -0.39 is 6.10 Å². The highest BCUT2D eigenvalue weighted by Crippen LogP contribution is 2.41. The molecule has 0 saturated carbocycles. The molecular formula is C23H37NO2S. The number of aliphatic hydroxyl groups is 1. The summed E-state index contributed by atoms with van der Waals surface area (Å²) in [4.78, 5) is 5.60. The molecule has 1 N–H and O–H groups in total. The molecule has 1 aromatic rings. The Hall–Kier alpha value is -1.00. The van der Waals surface area contributed by atoms with Crippen molar-refractivity contribution in [2.45, 2.75) is 96.2 Å². The summed E-state index contributed by atoms with van der Waals surface area (Å²) >= 11 is 4.79. The van der Waals surface area contributed by atoms with Crippen LogP contribution >= 0.6 is 12.6 Å². The zero-order valence-corrected chi connectivity index (χ0v) is 18.8. The minimum Gasteiger partial charge on any atom is -0.487 e. The van der Waals surface area contributed by atoms with Crippen molar-refractivity contribution >= 4 is 18.3 Å². The highest BCUT2D eigenvalue weighted by molar-refractivity contribution is 7.80. The van der Waals surface area contributed by atoms with Gasteiger partial charge in [0.05, 0.1) is 23.9 Å². The molecule has 3 atom stereocenters. The van der Waals surface area contributed by atoms with Crippen molar-refractivity contribution in [3.63, 3.8) is 0 Å². The number of aliphatic hydroxyl groups excluding tert-OH is 1. The van der Waals surface area contributed by atoms with Gasteiger partial charge in [0.1, 0.15) is 11.4 Å². The zero-order valence-electron chi connectivity index (χ0n) is 17.9. The minimum absolute atomic E-state index is 0.306. The second-order valence-electron chi connectivity index (χ2n) is 8.85. The van der Waals surface area contributed by atoms with Crippen molar-refractivity contribution in [3.8, 4) is 5.75 Å². The van der Waals surface area contributed by atoms with E-state index in [0.29, 0.717) is 18.4 Å². The summed E-state index contributed by atoms with van der Waals surface area (Å²) in [6, 6.07) is 4.37. The van der Waals surface area contributed by atoms with Crippen molar-refractivity contribution in [2.24, 2.45) is 10.9 Å². The first kappa shape index (κ1) is 22.3. The Bertz CT molecular complexity index is 667. The Morgan fingerprint density at radius 3 is 2.56 bits per heavy atom. The van der Waals surface area contributed by atoms with E-state index in [-0.39, 0.29) is 5.60 Å². The van der Waals surface area contributed by atoms with Crippen LogP contribution in [0.1, 0.15) is 90.7 Å². The molecule has 4 heteroatoms. The molecule has 0 radical (unpaired) electrons. The van der Waals surface area contributed by atoms with E-state index in [4.69, 9.17) is 17.4 Å². The van der Waals surface area contributed by atoms with Gasteiger partial charge in [-0.05, 0) is 50.3 Å². The molecule has 27 heavy (non-hydrogen) atoms. The van der Waals surface area contributed by atoms with Gasteiger partial charge in [0.2, 0.25) is 0 Å². The molecule has 0 bridgehead atoms. The van der Waals surface area contributed by atoms with Gasteiger partial charge in [0.15, 0.2) is 0 Å². The molecule has 0 saturated heterocycles. The lowest BCUT2D eigenvalue weighted by Crippen LogP contribution is -2.37. The number of fused-ring (bicyclic) bond motifs is 1. The third kappa shape index (κ3) is 5.99. The lowest BCUT2D eigenvalue weighted by Gasteiger charge is -2.35. The Balaban J connectivity index is 2.33. The fraction of sp³-hybridized carbons (Fsp3) is 0.696. The van der Waals surface area contributed by atoms with Crippen LogP contribution in [0, 0.1) is 5.92 Å². The molecule has 0 spiro atoms. The highest BCUT2D eigenvalue weighted by Gasteiger charge is 2.33. The molecule has 0 fully saturated rings. The van der Waals surface area contributed by atoms with Gasteiger partial charge in [-0.3, -0.25) is 4.99 Å². The molecule has 0 amide bonds. The monoisotopic (exact) mass is 391 g/mol. The van der Waals surface area contributed by atoms with Crippen molar-refractivity contribution in [1.82, 2.24) is 0 Å². The second-order valence-corrected chi connectivity index (χ2v) is 9.33. The fourth-order valence-electron chi connectivity index (χ4n) is 3.75. The number of nitrogens with zero attached hydrogens (tertiary/aromatic N) is 1. The van der Waals surface area contributed by atoms with Crippen LogP contribution in [-0.2, 0) is 0 Å². The minimum atomic E-state index is -0.446. The topological polar surface area (TPSA) is 41.8 Å². The first-order valence-electron chi connectivity index (χ1n) is 10.4. The Kier molecular flexibility index (Phi) is 7.82. The predicted octanol–water partition coefficient (Wildman–Crippen LogP) is 6.03. The Labute approximate surface area is 171 Å². The van der Waals surface area contributed by atoms with Gasteiger partial charge in [-0.1, -0.05) is 46.5 Å². The smallest absolute Gasteiger partial charge is 0.130 e. The summed E-state index contributed by atoms with van der Waals surface area (Å²) in [6.07, 6.45) is 5.39. The quantitative estimate of drug-likeness (QED) is 0.420. The number of thiol groups is 1. The summed E-state index contributed by atoms with van der Waals surface area (Å²) in [5.41, 5.74) is 2.96. The van der Waals surface area contributed by atoms with Crippen LogP contribution in [0.4, 0.5) is 0 Å². The SMILES string of the molecule is CCCCCC(C)C(C)c1cc(S)c2c(c1)OC(C)(C)CC2=NCC(C)O. The largest absolute Gasteiger partial charge is 0.487 e. The van der Waals surface area contributed by atoms with Gasteiger partial charge in [0.25, 0.3) is 0 Å². The van der Waals surface area contributed by atoms with E-state index in [1.54, 1.807) is 6.92 Å². The van der Waals surface area contributed by atoms with Crippen molar-refractivity contribution < 1.29 is 9.84 Å². The fourth-order valence-corrected chi connectivity index (χ4v) is 4.14. The highest BCUT2D eigenvalue weighted by atomic mass is 32.1. The number of ether oxygens (including phenoxy) is 1. The summed E-state index contributed by atoms with van der Waals surface area (Å²) in [5, 5.41) is 9.64. The van der Waals surface area contributed by atoms with Crippen LogP contribution < -0.4 is 4.74 Å². The maximum Gasteiger partial charge on any atom is 0.130 e. The number of hydrogen-bond donors (Lipinski definition) is 2. The molecule has 1 aliphatic heterocycles. The number of aliphatic imine (C=N–C) groups is 1. The lowest BCUT2D eigenvalue weighted by atomic mass is 9.83. The lowest BCUT2D eigenvalue weighted by molar-refractivity contribution is 0.110. The van der Waals surface area contributed by atoms with Gasteiger partial charge in [-0.2, -0.15) is 0 Å². The zero-order chi connectivity index (χ0) is 20.2. The number of hydrogen-bond acceptors (Lipinski definition) is 4. The van der Waals surface area contributed by atoms with Gasteiger partial charge >= 0.3 is 0 Å². The first-order valence-corrected chi connectivity index (χ1v) is 10.9. The van der Waals surface area contributed by atoms with E-state index in [9.17, 15) is 5.11 Å². The Morgan fingerprint density at radius 2 is 1.93 bits per heavy atom. The standard InChI is InChI=1S/C23H37NO2S/c1-7-8-9-10-15(2)17(4)18-11-20-22(21(27)12-18)19(24-14-16(3)25)13-23(5,6)26-20/h11-12,15-17,25,27H,7-10,13-14H2,1-6H3. The van der Waals surface area contributed by atoms with E-state index in [2.05, 4.69) is 51.7 Å². The maximum atomic E-state index is 9.64. The third-order valence-electron chi connectivity index (χ3n) is 5.56. The van der Waals surface area contributed by atoms with Crippen LogP contribution in [0.15, 0.2) is 22.0 Å². The first-order chi connectivity index (χ1) is 12.6. The molecule has 3 nitrogen and oxygen atoms in total. The van der Waals surface area contributed by atoms with Gasteiger partial charge in [-0.15, -0.1) is 12.6 Å². The van der Waals surface area contributed by atoms with Gasteiger partial charge in [0, 0.05) is 11.3 Å². The average molecular weight is 392 g/mol. The maximum absolute atomic E-state index is 9.64. The van der Waals surface area contributed by atoms with Crippen LogP contribution in [-0.4, -0.2) is 29.1 Å². The van der Waals surface area contributed by atoms with Crippen LogP contribution in [0.5, 0.6) is 5.75 Å². The summed E-state index contributed by atoms with van der Waals surface area (Å²) < 4.78 is 6.31. The summed E-state index contributed by atoms with van der Waals surface area (Å²) in [7, 11) is 0. The van der Waals surface area contributed by atoms with Crippen molar-refractivity contribution in [2.75, 3.05) is 6.54 Å². The van der Waals surface area contributed by atoms with E-state index >= 15 is 0 Å². The normalized spacial score (nSPS) is 20.7. The van der Waals surface area contributed by atoms with E-state index in [1.807, 2.05) is 0 Å². The molecule has 1 aliphatic rings. The van der Waals surface area contributed by atoms with E-state index in [1.165, 1.54) is 31.2 Å². The molecule has 1 heterocycles. The molecule has 3 unspecified atom stereocenters. The second kappa shape index (κ2) is 9.47. The molecule has 2 rings (SSSR count). The van der Waals surface area contributed by atoms with Gasteiger partial charge < -0.3 is 9.84 Å². The Morgan fingerprint density at radius 1 is 1.22 bits per heavy atom. The van der Waals surface area contributed by atoms with Crippen molar-refractivity contribution in [1.29, 1.82) is 0 Å². The number of rotatable bonds is 8.